The van der Waals surface area contributed by atoms with Crippen molar-refractivity contribution < 1.29 is 18.2 Å². The first-order valence-electron chi connectivity index (χ1n) is 4.72. The Morgan fingerprint density at radius 3 is 2.72 bits per heavy atom. The van der Waals surface area contributed by atoms with Gasteiger partial charge in [0.15, 0.2) is 5.65 Å². The molecule has 0 bridgehead atoms. The van der Waals surface area contributed by atoms with Crippen LogP contribution in [0.25, 0.3) is 11.0 Å². The maximum absolute atomic E-state index is 11.9. The van der Waals surface area contributed by atoms with E-state index in [0.29, 0.717) is 4.85 Å². The summed E-state index contributed by atoms with van der Waals surface area (Å²) in [5.41, 5.74) is -0.505. The highest BCUT2D eigenvalue weighted by atomic mass is 31.2. The van der Waals surface area contributed by atoms with Gasteiger partial charge in [-0.3, -0.25) is 18.5 Å². The third kappa shape index (κ3) is 2.23. The second kappa shape index (κ2) is 4.81. The Balaban J connectivity index is 2.50. The number of fused-ring (bicyclic) bond motifs is 1. The van der Waals surface area contributed by atoms with Gasteiger partial charge in [-0.15, -0.1) is 5.10 Å². The molecule has 2 aromatic rings. The van der Waals surface area contributed by atoms with Crippen LogP contribution in [0.5, 0.6) is 0 Å². The van der Waals surface area contributed by atoms with Crippen LogP contribution in [0, 0.1) is 0 Å². The highest BCUT2D eigenvalue weighted by Crippen LogP contribution is 2.43. The molecule has 2 heterocycles. The number of hydrogen-bond acceptors (Lipinski definition) is 8. The Hall–Kier alpha value is -1.83. The number of phosphoric acid groups is 1. The van der Waals surface area contributed by atoms with Gasteiger partial charge in [-0.25, -0.2) is 9.55 Å². The molecule has 2 aromatic heterocycles. The molecule has 0 amide bonds. The van der Waals surface area contributed by atoms with Crippen LogP contribution in [0.3, 0.4) is 0 Å². The van der Waals surface area contributed by atoms with E-state index in [1.807, 2.05) is 0 Å². The Morgan fingerprint density at radius 2 is 2.06 bits per heavy atom. The van der Waals surface area contributed by atoms with Crippen LogP contribution in [0.4, 0.5) is 0 Å². The first kappa shape index (κ1) is 12.6. The Bertz CT molecular complexity index is 664. The lowest BCUT2D eigenvalue weighted by Gasteiger charge is -2.12. The molecule has 0 N–H and O–H groups in total. The van der Waals surface area contributed by atoms with Crippen LogP contribution in [0.1, 0.15) is 0 Å². The zero-order chi connectivity index (χ0) is 13.2. The van der Waals surface area contributed by atoms with Gasteiger partial charge in [-0.05, 0) is 22.2 Å². The van der Waals surface area contributed by atoms with E-state index in [1.54, 1.807) is 6.07 Å². The SMILES string of the molecule is COP(=O)(OC)On1nnc2ncccc2c1=O. The molecule has 9 nitrogen and oxygen atoms in total. The Labute approximate surface area is 101 Å². The van der Waals surface area contributed by atoms with E-state index in [0.717, 1.165) is 14.2 Å². The van der Waals surface area contributed by atoms with Crippen molar-refractivity contribution in [2.75, 3.05) is 14.2 Å². The maximum Gasteiger partial charge on any atom is 0.550 e. The monoisotopic (exact) mass is 272 g/mol. The predicted octanol–water partition coefficient (Wildman–Crippen LogP) is 0.0160. The fourth-order valence-electron chi connectivity index (χ4n) is 1.16. The standard InChI is InChI=1S/C8H9N4O5P/c1-15-18(14,16-2)17-12-8(13)6-4-3-5-9-7(6)10-11-12/h3-5H,1-2H3. The summed E-state index contributed by atoms with van der Waals surface area (Å²) in [6.45, 7) is 0. The third-order valence-corrected chi connectivity index (χ3v) is 3.29. The molecule has 0 radical (unpaired) electrons. The van der Waals surface area contributed by atoms with Crippen molar-refractivity contribution in [1.82, 2.24) is 20.1 Å². The Kier molecular flexibility index (Phi) is 3.37. The number of rotatable bonds is 4. The molecule has 0 aliphatic heterocycles. The van der Waals surface area contributed by atoms with E-state index in [9.17, 15) is 9.36 Å². The van der Waals surface area contributed by atoms with Crippen molar-refractivity contribution >= 4 is 18.9 Å². The minimum absolute atomic E-state index is 0.159. The molecule has 96 valence electrons. The van der Waals surface area contributed by atoms with Gasteiger partial charge >= 0.3 is 13.4 Å². The van der Waals surface area contributed by atoms with E-state index < -0.39 is 13.4 Å². The number of pyridine rings is 1. The molecule has 0 aromatic carbocycles. The minimum Gasteiger partial charge on any atom is -0.288 e. The molecular weight excluding hydrogens is 263 g/mol. The fourth-order valence-corrected chi connectivity index (χ4v) is 1.74. The van der Waals surface area contributed by atoms with Gasteiger partial charge in [-0.1, -0.05) is 0 Å². The van der Waals surface area contributed by atoms with Crippen molar-refractivity contribution in [3.8, 4) is 0 Å². The molecule has 0 aliphatic rings. The quantitative estimate of drug-likeness (QED) is 0.717. The molecule has 0 unspecified atom stereocenters. The summed E-state index contributed by atoms with van der Waals surface area (Å²) in [5.74, 6) is 0. The first-order chi connectivity index (χ1) is 8.59. The highest BCUT2D eigenvalue weighted by Gasteiger charge is 2.27. The number of hydrogen-bond donors (Lipinski definition) is 0. The fraction of sp³-hybridized carbons (Fsp3) is 0.250. The van der Waals surface area contributed by atoms with Crippen molar-refractivity contribution in [3.05, 3.63) is 28.7 Å². The van der Waals surface area contributed by atoms with Crippen molar-refractivity contribution in [2.24, 2.45) is 0 Å². The van der Waals surface area contributed by atoms with Crippen molar-refractivity contribution in [2.45, 2.75) is 0 Å². The van der Waals surface area contributed by atoms with E-state index in [2.05, 4.69) is 24.3 Å². The van der Waals surface area contributed by atoms with E-state index in [4.69, 9.17) is 4.62 Å². The molecule has 0 fully saturated rings. The third-order valence-electron chi connectivity index (χ3n) is 2.04. The number of aromatic nitrogens is 4. The largest absolute Gasteiger partial charge is 0.550 e. The van der Waals surface area contributed by atoms with Gasteiger partial charge in [-0.2, -0.15) is 0 Å². The average molecular weight is 272 g/mol. The lowest BCUT2D eigenvalue weighted by molar-refractivity contribution is 0.111. The molecule has 0 spiro atoms. The Morgan fingerprint density at radius 1 is 1.33 bits per heavy atom. The summed E-state index contributed by atoms with van der Waals surface area (Å²) in [6, 6.07) is 3.05. The minimum atomic E-state index is -3.87. The normalized spacial score (nSPS) is 11.7. The molecule has 0 atom stereocenters. The predicted molar refractivity (Wildman–Crippen MR) is 59.8 cm³/mol. The van der Waals surface area contributed by atoms with E-state index in [-0.39, 0.29) is 11.0 Å². The molecule has 0 aliphatic carbocycles. The lowest BCUT2D eigenvalue weighted by Crippen LogP contribution is -2.29. The lowest BCUT2D eigenvalue weighted by atomic mass is 10.3. The van der Waals surface area contributed by atoms with Gasteiger partial charge in [0.25, 0.3) is 0 Å². The molecular formula is C8H9N4O5P. The van der Waals surface area contributed by atoms with Crippen LogP contribution in [-0.4, -0.2) is 34.4 Å². The second-order valence-electron chi connectivity index (χ2n) is 3.04. The first-order valence-corrected chi connectivity index (χ1v) is 6.18. The highest BCUT2D eigenvalue weighted by molar-refractivity contribution is 7.48. The maximum atomic E-state index is 11.9. The molecule has 10 heteroatoms. The van der Waals surface area contributed by atoms with Gasteiger partial charge in [0.05, 0.1) is 5.39 Å². The van der Waals surface area contributed by atoms with E-state index in [1.165, 1.54) is 12.3 Å². The zero-order valence-corrected chi connectivity index (χ0v) is 10.4. The van der Waals surface area contributed by atoms with Gasteiger partial charge < -0.3 is 0 Å². The number of nitrogens with zero attached hydrogens (tertiary/aromatic N) is 4. The van der Waals surface area contributed by atoms with Crippen LogP contribution >= 0.6 is 7.82 Å². The van der Waals surface area contributed by atoms with Crippen molar-refractivity contribution in [3.63, 3.8) is 0 Å². The second-order valence-corrected chi connectivity index (χ2v) is 4.82. The van der Waals surface area contributed by atoms with Crippen molar-refractivity contribution in [1.29, 1.82) is 0 Å². The van der Waals surface area contributed by atoms with Crippen LogP contribution in [0.15, 0.2) is 23.1 Å². The summed E-state index contributed by atoms with van der Waals surface area (Å²) >= 11 is 0. The van der Waals surface area contributed by atoms with Gasteiger partial charge in [0.1, 0.15) is 0 Å². The molecule has 0 saturated carbocycles. The summed E-state index contributed by atoms with van der Waals surface area (Å²) in [5, 5.41) is 7.24. The van der Waals surface area contributed by atoms with Crippen LogP contribution in [-0.2, 0) is 13.6 Å². The molecule has 2 rings (SSSR count). The number of phosphoric ester groups is 1. The van der Waals surface area contributed by atoms with Crippen LogP contribution in [0.2, 0.25) is 0 Å². The van der Waals surface area contributed by atoms with Gasteiger partial charge in [0, 0.05) is 20.4 Å². The summed E-state index contributed by atoms with van der Waals surface area (Å²) < 4.78 is 25.5. The average Bonchev–Trinajstić information content (AvgIpc) is 2.42. The van der Waals surface area contributed by atoms with Gasteiger partial charge in [0.2, 0.25) is 0 Å². The zero-order valence-electron chi connectivity index (χ0n) is 9.51. The summed E-state index contributed by atoms with van der Waals surface area (Å²) in [6.07, 6.45) is 1.47. The summed E-state index contributed by atoms with van der Waals surface area (Å²) in [4.78, 5) is 16.2. The van der Waals surface area contributed by atoms with Crippen LogP contribution < -0.4 is 10.2 Å². The van der Waals surface area contributed by atoms with E-state index >= 15 is 0 Å². The summed E-state index contributed by atoms with van der Waals surface area (Å²) in [7, 11) is -1.64. The molecule has 18 heavy (non-hydrogen) atoms. The molecule has 0 saturated heterocycles. The smallest absolute Gasteiger partial charge is 0.288 e. The topological polar surface area (TPSA) is 105 Å².